The summed E-state index contributed by atoms with van der Waals surface area (Å²) in [6.07, 6.45) is 1.22. The Morgan fingerprint density at radius 3 is 1.61 bits per heavy atom. The molecule has 18 heavy (non-hydrogen) atoms. The molecule has 0 saturated heterocycles. The van der Waals surface area contributed by atoms with Crippen LogP contribution in [0.1, 0.15) is 54.9 Å². The lowest BCUT2D eigenvalue weighted by molar-refractivity contribution is 0.201. The van der Waals surface area contributed by atoms with E-state index in [1.54, 1.807) is 0 Å². The highest BCUT2D eigenvalue weighted by atomic mass is 15.2. The minimum absolute atomic E-state index is 0.275. The van der Waals surface area contributed by atoms with E-state index in [2.05, 4.69) is 44.7 Å². The number of nitrogens with two attached hydrogens (primary N) is 1. The molecule has 0 aliphatic heterocycles. The van der Waals surface area contributed by atoms with Gasteiger partial charge in [-0.05, 0) is 54.4 Å². The lowest BCUT2D eigenvalue weighted by Crippen LogP contribution is -2.41. The minimum atomic E-state index is 0.275. The molecule has 0 bridgehead atoms. The zero-order valence-electron chi connectivity index (χ0n) is 14.5. The van der Waals surface area contributed by atoms with E-state index >= 15 is 0 Å². The maximum Gasteiger partial charge on any atom is 0.0139 e. The molecule has 1 unspecified atom stereocenters. The average Bonchev–Trinajstić information content (AvgIpc) is 2.32. The SMILES string of the molecule is CC.CC.CC(N)CN(CCCN(C)C)C(C)C. The molecule has 0 aromatic carbocycles. The summed E-state index contributed by atoms with van der Waals surface area (Å²) in [7, 11) is 4.23. The Hall–Kier alpha value is -0.120. The molecule has 1 atom stereocenters. The van der Waals surface area contributed by atoms with Gasteiger partial charge in [0.05, 0.1) is 0 Å². The minimum Gasteiger partial charge on any atom is -0.327 e. The van der Waals surface area contributed by atoms with E-state index in [9.17, 15) is 0 Å². The van der Waals surface area contributed by atoms with Gasteiger partial charge < -0.3 is 10.6 Å². The first-order valence-electron chi connectivity index (χ1n) is 7.57. The van der Waals surface area contributed by atoms with Gasteiger partial charge in [0.15, 0.2) is 0 Å². The van der Waals surface area contributed by atoms with Crippen molar-refractivity contribution < 1.29 is 0 Å². The Labute approximate surface area is 117 Å². The zero-order chi connectivity index (χ0) is 15.1. The number of rotatable bonds is 7. The van der Waals surface area contributed by atoms with Gasteiger partial charge in [-0.3, -0.25) is 4.90 Å². The summed E-state index contributed by atoms with van der Waals surface area (Å²) in [5.41, 5.74) is 5.81. The second kappa shape index (κ2) is 16.9. The lowest BCUT2D eigenvalue weighted by atomic mass is 10.2. The molecule has 0 aliphatic carbocycles. The van der Waals surface area contributed by atoms with Crippen molar-refractivity contribution >= 4 is 0 Å². The molecule has 3 heteroatoms. The summed E-state index contributed by atoms with van der Waals surface area (Å²) in [5.74, 6) is 0. The normalized spacial score (nSPS) is 11.8. The molecule has 0 saturated carbocycles. The molecule has 3 nitrogen and oxygen atoms in total. The standard InChI is InChI=1S/C11H27N3.2C2H6/c1-10(2)14(9-11(3)12)8-6-7-13(4)5;2*1-2/h10-11H,6-9,12H2,1-5H3;2*1-2H3. The number of hydrogen-bond donors (Lipinski definition) is 1. The predicted molar refractivity (Wildman–Crippen MR) is 86.2 cm³/mol. The van der Waals surface area contributed by atoms with Crippen molar-refractivity contribution in [2.45, 2.75) is 67.0 Å². The maximum absolute atomic E-state index is 5.81. The predicted octanol–water partition coefficient (Wildman–Crippen LogP) is 3.05. The Bertz CT molecular complexity index is 134. The van der Waals surface area contributed by atoms with Crippen LogP contribution in [-0.2, 0) is 0 Å². The van der Waals surface area contributed by atoms with Crippen molar-refractivity contribution in [3.05, 3.63) is 0 Å². The second-order valence-electron chi connectivity index (χ2n) is 4.72. The van der Waals surface area contributed by atoms with Crippen LogP contribution in [0.3, 0.4) is 0 Å². The maximum atomic E-state index is 5.81. The fraction of sp³-hybridized carbons (Fsp3) is 1.00. The molecule has 0 heterocycles. The monoisotopic (exact) mass is 261 g/mol. The first-order valence-corrected chi connectivity index (χ1v) is 7.57. The van der Waals surface area contributed by atoms with E-state index in [4.69, 9.17) is 5.73 Å². The largest absolute Gasteiger partial charge is 0.327 e. The molecule has 0 aromatic heterocycles. The smallest absolute Gasteiger partial charge is 0.0139 e. The first-order chi connectivity index (χ1) is 8.43. The molecular weight excluding hydrogens is 222 g/mol. The average molecular weight is 261 g/mol. The summed E-state index contributed by atoms with van der Waals surface area (Å²) >= 11 is 0. The van der Waals surface area contributed by atoms with Crippen molar-refractivity contribution in [3.63, 3.8) is 0 Å². The second-order valence-corrected chi connectivity index (χ2v) is 4.72. The highest BCUT2D eigenvalue weighted by Crippen LogP contribution is 2.01. The summed E-state index contributed by atoms with van der Waals surface area (Å²) in [6.45, 7) is 17.8. The Morgan fingerprint density at radius 2 is 1.33 bits per heavy atom. The van der Waals surface area contributed by atoms with Crippen molar-refractivity contribution in [1.29, 1.82) is 0 Å². The Morgan fingerprint density at radius 1 is 0.889 bits per heavy atom. The number of nitrogens with zero attached hydrogens (tertiary/aromatic N) is 2. The molecule has 0 aliphatic rings. The lowest BCUT2D eigenvalue weighted by Gasteiger charge is -2.28. The third kappa shape index (κ3) is 18.3. The van der Waals surface area contributed by atoms with Crippen molar-refractivity contribution in [2.24, 2.45) is 5.73 Å². The summed E-state index contributed by atoms with van der Waals surface area (Å²) in [6, 6.07) is 0.875. The van der Waals surface area contributed by atoms with E-state index in [0.717, 1.165) is 19.6 Å². The molecule has 0 radical (unpaired) electrons. The third-order valence-corrected chi connectivity index (χ3v) is 2.30. The molecule has 0 aromatic rings. The fourth-order valence-electron chi connectivity index (χ4n) is 1.52. The molecule has 0 spiro atoms. The highest BCUT2D eigenvalue weighted by Gasteiger charge is 2.10. The van der Waals surface area contributed by atoms with Gasteiger partial charge in [-0.1, -0.05) is 27.7 Å². The van der Waals surface area contributed by atoms with Gasteiger partial charge in [-0.2, -0.15) is 0 Å². The summed E-state index contributed by atoms with van der Waals surface area (Å²) < 4.78 is 0. The van der Waals surface area contributed by atoms with E-state index < -0.39 is 0 Å². The van der Waals surface area contributed by atoms with Crippen molar-refractivity contribution in [1.82, 2.24) is 9.80 Å². The summed E-state index contributed by atoms with van der Waals surface area (Å²) in [4.78, 5) is 4.68. The van der Waals surface area contributed by atoms with Crippen molar-refractivity contribution in [3.8, 4) is 0 Å². The molecule has 114 valence electrons. The number of hydrogen-bond acceptors (Lipinski definition) is 3. The topological polar surface area (TPSA) is 32.5 Å². The van der Waals surface area contributed by atoms with Crippen LogP contribution in [0.15, 0.2) is 0 Å². The zero-order valence-corrected chi connectivity index (χ0v) is 14.5. The molecule has 0 fully saturated rings. The van der Waals surface area contributed by atoms with E-state index in [0.29, 0.717) is 6.04 Å². The van der Waals surface area contributed by atoms with Crippen LogP contribution in [0.5, 0.6) is 0 Å². The molecule has 0 amide bonds. The van der Waals surface area contributed by atoms with Gasteiger partial charge in [-0.25, -0.2) is 0 Å². The molecule has 0 rings (SSSR count). The van der Waals surface area contributed by atoms with Crippen LogP contribution < -0.4 is 5.73 Å². The van der Waals surface area contributed by atoms with Crippen LogP contribution in [0, 0.1) is 0 Å². The Balaban J connectivity index is -0.000000506. The van der Waals surface area contributed by atoms with E-state index in [1.165, 1.54) is 6.42 Å². The van der Waals surface area contributed by atoms with Gasteiger partial charge in [-0.15, -0.1) is 0 Å². The van der Waals surface area contributed by atoms with Gasteiger partial charge in [0, 0.05) is 18.6 Å². The van der Waals surface area contributed by atoms with Crippen LogP contribution in [0.25, 0.3) is 0 Å². The van der Waals surface area contributed by atoms with Crippen LogP contribution >= 0.6 is 0 Å². The fourth-order valence-corrected chi connectivity index (χ4v) is 1.52. The molecular formula is C15H39N3. The quantitative estimate of drug-likeness (QED) is 0.764. The highest BCUT2D eigenvalue weighted by molar-refractivity contribution is 4.68. The van der Waals surface area contributed by atoms with Gasteiger partial charge in [0.25, 0.3) is 0 Å². The van der Waals surface area contributed by atoms with Crippen LogP contribution in [0.2, 0.25) is 0 Å². The van der Waals surface area contributed by atoms with E-state index in [-0.39, 0.29) is 6.04 Å². The Kier molecular flexibility index (Phi) is 21.6. The molecule has 2 N–H and O–H groups in total. The van der Waals surface area contributed by atoms with Gasteiger partial charge >= 0.3 is 0 Å². The summed E-state index contributed by atoms with van der Waals surface area (Å²) in [5, 5.41) is 0. The van der Waals surface area contributed by atoms with Crippen molar-refractivity contribution in [2.75, 3.05) is 33.7 Å². The third-order valence-electron chi connectivity index (χ3n) is 2.30. The van der Waals surface area contributed by atoms with Crippen LogP contribution in [0.4, 0.5) is 0 Å². The van der Waals surface area contributed by atoms with Crippen LogP contribution in [-0.4, -0.2) is 55.6 Å². The van der Waals surface area contributed by atoms with Gasteiger partial charge in [0.1, 0.15) is 0 Å². The van der Waals surface area contributed by atoms with E-state index in [1.807, 2.05) is 27.7 Å². The first kappa shape index (κ1) is 23.0. The van der Waals surface area contributed by atoms with Gasteiger partial charge in [0.2, 0.25) is 0 Å².